The van der Waals surface area contributed by atoms with Gasteiger partial charge < -0.3 is 14.9 Å². The van der Waals surface area contributed by atoms with Crippen molar-refractivity contribution in [1.29, 1.82) is 0 Å². The third kappa shape index (κ3) is 2.67. The second-order valence-electron chi connectivity index (χ2n) is 3.09. The van der Waals surface area contributed by atoms with Crippen molar-refractivity contribution in [3.8, 4) is 0 Å². The first kappa shape index (κ1) is 13.7. The summed E-state index contributed by atoms with van der Waals surface area (Å²) in [6, 6.07) is 0.456. The SMILES string of the molecule is CCOC(=O)c1c(C(F)F)[nH]c([N+](=O)[O-])cc1=O. The molecule has 1 heterocycles. The molecule has 9 heteroatoms. The Bertz CT molecular complexity index is 540. The number of hydrogen-bond donors (Lipinski definition) is 1. The van der Waals surface area contributed by atoms with E-state index in [1.165, 1.54) is 6.92 Å². The molecule has 1 rings (SSSR count). The second kappa shape index (κ2) is 5.34. The van der Waals surface area contributed by atoms with Gasteiger partial charge >= 0.3 is 11.8 Å². The minimum Gasteiger partial charge on any atom is -0.462 e. The van der Waals surface area contributed by atoms with Crippen molar-refractivity contribution in [3.63, 3.8) is 0 Å². The summed E-state index contributed by atoms with van der Waals surface area (Å²) in [5.74, 6) is -2.16. The van der Waals surface area contributed by atoms with Crippen LogP contribution in [0.15, 0.2) is 10.9 Å². The third-order valence-electron chi connectivity index (χ3n) is 1.94. The Morgan fingerprint density at radius 3 is 2.67 bits per heavy atom. The molecule has 0 radical (unpaired) electrons. The number of rotatable bonds is 4. The highest BCUT2D eigenvalue weighted by atomic mass is 19.3. The molecule has 0 fully saturated rings. The fraction of sp³-hybridized carbons (Fsp3) is 0.333. The van der Waals surface area contributed by atoms with Gasteiger partial charge in [-0.15, -0.1) is 0 Å². The first-order chi connectivity index (χ1) is 8.38. The average molecular weight is 262 g/mol. The Kier molecular flexibility index (Phi) is 4.08. The number of nitro groups is 1. The largest absolute Gasteiger partial charge is 0.462 e. The van der Waals surface area contributed by atoms with Gasteiger partial charge in [0.25, 0.3) is 6.43 Å². The van der Waals surface area contributed by atoms with Crippen LogP contribution < -0.4 is 5.43 Å². The highest BCUT2D eigenvalue weighted by molar-refractivity contribution is 5.90. The zero-order valence-electron chi connectivity index (χ0n) is 9.11. The molecule has 0 amide bonds. The Balaban J connectivity index is 3.46. The lowest BCUT2D eigenvalue weighted by molar-refractivity contribution is -0.389. The number of ether oxygens (including phenoxy) is 1. The topological polar surface area (TPSA) is 102 Å². The van der Waals surface area contributed by atoms with E-state index >= 15 is 0 Å². The van der Waals surface area contributed by atoms with Crippen molar-refractivity contribution in [2.75, 3.05) is 6.61 Å². The van der Waals surface area contributed by atoms with Gasteiger partial charge in [-0.05, 0) is 11.8 Å². The predicted molar refractivity (Wildman–Crippen MR) is 54.6 cm³/mol. The van der Waals surface area contributed by atoms with Crippen LogP contribution in [0, 0.1) is 10.1 Å². The summed E-state index contributed by atoms with van der Waals surface area (Å²) in [4.78, 5) is 33.9. The molecule has 0 saturated carbocycles. The molecule has 7 nitrogen and oxygen atoms in total. The number of esters is 1. The van der Waals surface area contributed by atoms with Gasteiger partial charge in [0.05, 0.1) is 12.7 Å². The van der Waals surface area contributed by atoms with Crippen molar-refractivity contribution < 1.29 is 23.2 Å². The number of carbonyl (C=O) groups excluding carboxylic acids is 1. The molecule has 18 heavy (non-hydrogen) atoms. The molecule has 98 valence electrons. The van der Waals surface area contributed by atoms with E-state index in [1.807, 2.05) is 0 Å². The Labute approximate surface area is 98.5 Å². The van der Waals surface area contributed by atoms with E-state index in [0.29, 0.717) is 6.07 Å². The summed E-state index contributed by atoms with van der Waals surface area (Å²) >= 11 is 0. The lowest BCUT2D eigenvalue weighted by Gasteiger charge is -2.05. The molecule has 0 unspecified atom stereocenters. The number of nitrogens with one attached hydrogen (secondary N) is 1. The van der Waals surface area contributed by atoms with Gasteiger partial charge in [0.2, 0.25) is 5.43 Å². The van der Waals surface area contributed by atoms with Gasteiger partial charge in [0.15, 0.2) is 11.3 Å². The monoisotopic (exact) mass is 262 g/mol. The maximum atomic E-state index is 12.7. The molecule has 0 aliphatic carbocycles. The summed E-state index contributed by atoms with van der Waals surface area (Å²) in [5, 5.41) is 10.4. The van der Waals surface area contributed by atoms with E-state index in [2.05, 4.69) is 4.74 Å². The van der Waals surface area contributed by atoms with Crippen LogP contribution in [0.4, 0.5) is 14.6 Å². The number of pyridine rings is 1. The summed E-state index contributed by atoms with van der Waals surface area (Å²) in [6.07, 6.45) is -3.24. The number of nitrogens with zero attached hydrogens (tertiary/aromatic N) is 1. The van der Waals surface area contributed by atoms with Crippen LogP contribution in [0.25, 0.3) is 0 Å². The normalized spacial score (nSPS) is 10.4. The van der Waals surface area contributed by atoms with Crippen LogP contribution in [0.5, 0.6) is 0 Å². The molecule has 0 spiro atoms. The molecule has 0 aromatic carbocycles. The zero-order valence-corrected chi connectivity index (χ0v) is 9.11. The van der Waals surface area contributed by atoms with Crippen molar-refractivity contribution in [1.82, 2.24) is 4.98 Å². The molecule has 0 atom stereocenters. The van der Waals surface area contributed by atoms with Crippen LogP contribution in [0.3, 0.4) is 0 Å². The zero-order chi connectivity index (χ0) is 13.9. The molecule has 0 aliphatic rings. The first-order valence-corrected chi connectivity index (χ1v) is 4.75. The first-order valence-electron chi connectivity index (χ1n) is 4.75. The van der Waals surface area contributed by atoms with Crippen LogP contribution in [0.2, 0.25) is 0 Å². The lowest BCUT2D eigenvalue weighted by Crippen LogP contribution is -2.22. The van der Waals surface area contributed by atoms with Gasteiger partial charge in [-0.25, -0.2) is 18.6 Å². The number of alkyl halides is 2. The summed E-state index contributed by atoms with van der Waals surface area (Å²) < 4.78 is 29.7. The highest BCUT2D eigenvalue weighted by Crippen LogP contribution is 2.21. The van der Waals surface area contributed by atoms with Gasteiger partial charge in [-0.2, -0.15) is 0 Å². The van der Waals surface area contributed by atoms with E-state index < -0.39 is 39.8 Å². The highest BCUT2D eigenvalue weighted by Gasteiger charge is 2.28. The quantitative estimate of drug-likeness (QED) is 0.502. The summed E-state index contributed by atoms with van der Waals surface area (Å²) in [7, 11) is 0. The maximum Gasteiger partial charge on any atom is 0.346 e. The van der Waals surface area contributed by atoms with Crippen LogP contribution >= 0.6 is 0 Å². The molecule has 0 saturated heterocycles. The standard InChI is InChI=1S/C9H8F2N2O5/c1-2-18-9(15)6-4(14)3-5(13(16)17)12-7(6)8(10)11/h3,8H,2H2,1H3,(H,12,14). The van der Waals surface area contributed by atoms with Crippen molar-refractivity contribution in [2.45, 2.75) is 13.3 Å². The molecule has 1 N–H and O–H groups in total. The second-order valence-corrected chi connectivity index (χ2v) is 3.09. The van der Waals surface area contributed by atoms with E-state index in [1.54, 1.807) is 4.98 Å². The van der Waals surface area contributed by atoms with E-state index in [0.717, 1.165) is 0 Å². The van der Waals surface area contributed by atoms with E-state index in [9.17, 15) is 28.5 Å². The van der Waals surface area contributed by atoms with Gasteiger partial charge in [0.1, 0.15) is 0 Å². The fourth-order valence-electron chi connectivity index (χ4n) is 1.24. The number of halogens is 2. The number of carbonyl (C=O) groups is 1. The van der Waals surface area contributed by atoms with Crippen LogP contribution in [0.1, 0.15) is 29.4 Å². The minimum absolute atomic E-state index is 0.113. The summed E-state index contributed by atoms with van der Waals surface area (Å²) in [6.45, 7) is 1.32. The van der Waals surface area contributed by atoms with Crippen LogP contribution in [-0.4, -0.2) is 22.5 Å². The Morgan fingerprint density at radius 2 is 2.22 bits per heavy atom. The van der Waals surface area contributed by atoms with Crippen LogP contribution in [-0.2, 0) is 4.74 Å². The minimum atomic E-state index is -3.24. The molecule has 0 bridgehead atoms. The molecule has 0 aliphatic heterocycles. The molecular weight excluding hydrogens is 254 g/mol. The maximum absolute atomic E-state index is 12.7. The van der Waals surface area contributed by atoms with Gasteiger partial charge in [-0.3, -0.25) is 4.79 Å². The van der Waals surface area contributed by atoms with Gasteiger partial charge in [-0.1, -0.05) is 0 Å². The molecule has 1 aromatic rings. The van der Waals surface area contributed by atoms with Crippen molar-refractivity contribution in [3.05, 3.63) is 37.7 Å². The number of H-pyrrole nitrogens is 1. The van der Waals surface area contributed by atoms with Crippen molar-refractivity contribution in [2.24, 2.45) is 0 Å². The third-order valence-corrected chi connectivity index (χ3v) is 1.94. The fourth-order valence-corrected chi connectivity index (χ4v) is 1.24. The Morgan fingerprint density at radius 1 is 1.61 bits per heavy atom. The Hall–Kier alpha value is -2.32. The number of aromatic amines is 1. The lowest BCUT2D eigenvalue weighted by atomic mass is 10.2. The van der Waals surface area contributed by atoms with Crippen molar-refractivity contribution >= 4 is 11.8 Å². The smallest absolute Gasteiger partial charge is 0.346 e. The summed E-state index contributed by atoms with van der Waals surface area (Å²) in [5.41, 5.74) is -3.22. The molecular formula is C9H8F2N2O5. The van der Waals surface area contributed by atoms with E-state index in [-0.39, 0.29) is 6.61 Å². The number of hydrogen-bond acceptors (Lipinski definition) is 5. The average Bonchev–Trinajstić information content (AvgIpc) is 2.27. The van der Waals surface area contributed by atoms with Gasteiger partial charge in [0, 0.05) is 0 Å². The predicted octanol–water partition coefficient (Wildman–Crippen LogP) is 1.40. The van der Waals surface area contributed by atoms with E-state index in [4.69, 9.17) is 0 Å². The number of aromatic nitrogens is 1. The molecule has 1 aromatic heterocycles.